The number of carbonyl (C=O) groups is 1. The van der Waals surface area contributed by atoms with E-state index in [0.717, 1.165) is 25.7 Å². The molecule has 1 amide bonds. The fraction of sp³-hybridized carbons (Fsp3) is 0.417. The minimum Gasteiger partial charge on any atom is -0.391 e. The van der Waals surface area contributed by atoms with Gasteiger partial charge < -0.3 is 16.0 Å². The Labute approximate surface area is 110 Å². The van der Waals surface area contributed by atoms with Crippen LogP contribution in [0.15, 0.2) is 23.3 Å². The smallest absolute Gasteiger partial charge is 0.257 e. The summed E-state index contributed by atoms with van der Waals surface area (Å²) in [7, 11) is 0. The summed E-state index contributed by atoms with van der Waals surface area (Å²) in [5, 5.41) is 2.82. The quantitative estimate of drug-likeness (QED) is 0.702. The maximum Gasteiger partial charge on any atom is 0.257 e. The number of thiocarbonyl (C=S) groups is 1. The minimum atomic E-state index is -0.630. The largest absolute Gasteiger partial charge is 0.391 e. The highest BCUT2D eigenvalue weighted by molar-refractivity contribution is 7.80. The first-order chi connectivity index (χ1) is 8.55. The van der Waals surface area contributed by atoms with E-state index in [1.54, 1.807) is 0 Å². The number of aromatic amines is 1. The van der Waals surface area contributed by atoms with Gasteiger partial charge >= 0.3 is 0 Å². The molecule has 5 nitrogen and oxygen atoms in total. The summed E-state index contributed by atoms with van der Waals surface area (Å²) >= 11 is 5.05. The summed E-state index contributed by atoms with van der Waals surface area (Å²) < 4.78 is 0. The molecule has 96 valence electrons. The second-order valence-electron chi connectivity index (χ2n) is 4.53. The molecule has 1 aliphatic carbocycles. The van der Waals surface area contributed by atoms with Gasteiger partial charge in [0.25, 0.3) is 5.91 Å². The Kier molecular flexibility index (Phi) is 3.47. The van der Waals surface area contributed by atoms with E-state index in [4.69, 9.17) is 18.0 Å². The predicted molar refractivity (Wildman–Crippen MR) is 72.5 cm³/mol. The summed E-state index contributed by atoms with van der Waals surface area (Å²) in [6, 6.07) is 1.32. The van der Waals surface area contributed by atoms with Gasteiger partial charge in [-0.15, -0.1) is 0 Å². The molecule has 1 fully saturated rings. The van der Waals surface area contributed by atoms with Gasteiger partial charge in [0.2, 0.25) is 0 Å². The predicted octanol–water partition coefficient (Wildman–Crippen LogP) is 0.704. The zero-order valence-electron chi connectivity index (χ0n) is 9.86. The molecule has 1 heterocycles. The molecule has 0 atom stereocenters. The average Bonchev–Trinajstić information content (AvgIpc) is 2.79. The number of amides is 1. The number of nitrogens with one attached hydrogen (secondary N) is 2. The molecule has 0 saturated heterocycles. The number of pyridine rings is 1. The topological polar surface area (TPSA) is 88.0 Å². The fourth-order valence-corrected chi connectivity index (χ4v) is 2.54. The molecule has 0 unspecified atom stereocenters. The Hall–Kier alpha value is -1.69. The molecule has 0 radical (unpaired) electrons. The monoisotopic (exact) mass is 265 g/mol. The highest BCUT2D eigenvalue weighted by Gasteiger charge is 2.38. The molecule has 0 aromatic carbocycles. The first kappa shape index (κ1) is 12.8. The number of aromatic nitrogens is 1. The number of carbonyl (C=O) groups excluding carboxylic acids is 1. The van der Waals surface area contributed by atoms with Crippen molar-refractivity contribution in [2.45, 2.75) is 31.2 Å². The van der Waals surface area contributed by atoms with Gasteiger partial charge in [-0.2, -0.15) is 0 Å². The van der Waals surface area contributed by atoms with Gasteiger partial charge in [-0.25, -0.2) is 0 Å². The van der Waals surface area contributed by atoms with Crippen LogP contribution < -0.4 is 16.5 Å². The van der Waals surface area contributed by atoms with Gasteiger partial charge in [0.15, 0.2) is 5.43 Å². The van der Waals surface area contributed by atoms with E-state index in [0.29, 0.717) is 4.99 Å². The van der Waals surface area contributed by atoms with E-state index < -0.39 is 11.4 Å². The van der Waals surface area contributed by atoms with Crippen molar-refractivity contribution in [3.05, 3.63) is 34.2 Å². The van der Waals surface area contributed by atoms with Gasteiger partial charge in [0.1, 0.15) is 5.56 Å². The highest BCUT2D eigenvalue weighted by atomic mass is 32.1. The molecule has 4 N–H and O–H groups in total. The van der Waals surface area contributed by atoms with Crippen LogP contribution in [-0.2, 0) is 0 Å². The lowest BCUT2D eigenvalue weighted by Gasteiger charge is -2.28. The molecule has 6 heteroatoms. The number of hydrogen-bond acceptors (Lipinski definition) is 3. The molecule has 1 aromatic heterocycles. The van der Waals surface area contributed by atoms with Crippen molar-refractivity contribution in [3.63, 3.8) is 0 Å². The lowest BCUT2D eigenvalue weighted by molar-refractivity contribution is 0.0923. The average molecular weight is 265 g/mol. The van der Waals surface area contributed by atoms with Crippen LogP contribution in [0.5, 0.6) is 0 Å². The van der Waals surface area contributed by atoms with Gasteiger partial charge in [-0.1, -0.05) is 25.1 Å². The van der Waals surface area contributed by atoms with Crippen molar-refractivity contribution in [1.29, 1.82) is 0 Å². The van der Waals surface area contributed by atoms with E-state index >= 15 is 0 Å². The van der Waals surface area contributed by atoms with Crippen LogP contribution in [-0.4, -0.2) is 21.4 Å². The van der Waals surface area contributed by atoms with Crippen molar-refractivity contribution in [2.24, 2.45) is 5.73 Å². The molecular formula is C12H15N3O2S. The molecule has 0 aliphatic heterocycles. The van der Waals surface area contributed by atoms with Crippen LogP contribution in [0.2, 0.25) is 0 Å². The fourth-order valence-electron chi connectivity index (χ4n) is 2.29. The van der Waals surface area contributed by atoms with Crippen LogP contribution in [0, 0.1) is 0 Å². The second-order valence-corrected chi connectivity index (χ2v) is 4.97. The summed E-state index contributed by atoms with van der Waals surface area (Å²) in [4.78, 5) is 26.7. The van der Waals surface area contributed by atoms with Gasteiger partial charge in [0.05, 0.1) is 10.5 Å². The Bertz CT molecular complexity index is 532. The Balaban J connectivity index is 2.23. The Morgan fingerprint density at radius 3 is 2.67 bits per heavy atom. The number of rotatable bonds is 3. The molecule has 0 bridgehead atoms. The Morgan fingerprint density at radius 1 is 1.44 bits per heavy atom. The van der Waals surface area contributed by atoms with Crippen LogP contribution in [0.3, 0.4) is 0 Å². The van der Waals surface area contributed by atoms with Crippen LogP contribution in [0.25, 0.3) is 0 Å². The van der Waals surface area contributed by atoms with Crippen LogP contribution in [0.1, 0.15) is 36.0 Å². The van der Waals surface area contributed by atoms with Gasteiger partial charge in [-0.05, 0) is 12.8 Å². The maximum atomic E-state index is 12.1. The first-order valence-corrected chi connectivity index (χ1v) is 6.25. The third kappa shape index (κ3) is 2.28. The minimum absolute atomic E-state index is 0.0834. The van der Waals surface area contributed by atoms with Gasteiger partial charge in [-0.3, -0.25) is 9.59 Å². The molecule has 1 saturated carbocycles. The van der Waals surface area contributed by atoms with Crippen molar-refractivity contribution < 1.29 is 4.79 Å². The molecule has 1 aliphatic rings. The number of nitrogens with two attached hydrogens (primary N) is 1. The lowest BCUT2D eigenvalue weighted by atomic mass is 9.97. The van der Waals surface area contributed by atoms with Crippen molar-refractivity contribution in [2.75, 3.05) is 0 Å². The summed E-state index contributed by atoms with van der Waals surface area (Å²) in [6.07, 6.45) is 6.29. The second kappa shape index (κ2) is 4.89. The summed E-state index contributed by atoms with van der Waals surface area (Å²) in [6.45, 7) is 0. The standard InChI is InChI=1S/C12H15N3O2S/c13-11(18)12(4-1-2-5-12)15-10(17)8-7-14-6-3-9(8)16/h3,6-7H,1-2,4-5H2,(H2,13,18)(H,14,16)(H,15,17). The Morgan fingerprint density at radius 2 is 2.11 bits per heavy atom. The molecule has 1 aromatic rings. The number of H-pyrrole nitrogens is 1. The molecule has 0 spiro atoms. The van der Waals surface area contributed by atoms with Crippen molar-refractivity contribution >= 4 is 23.1 Å². The van der Waals surface area contributed by atoms with Gasteiger partial charge in [0, 0.05) is 18.5 Å². The first-order valence-electron chi connectivity index (χ1n) is 5.85. The molecular weight excluding hydrogens is 250 g/mol. The van der Waals surface area contributed by atoms with Crippen molar-refractivity contribution in [3.8, 4) is 0 Å². The zero-order valence-corrected chi connectivity index (χ0v) is 10.7. The van der Waals surface area contributed by atoms with E-state index in [1.165, 1.54) is 18.5 Å². The molecule has 18 heavy (non-hydrogen) atoms. The molecule has 2 rings (SSSR count). The third-order valence-electron chi connectivity index (χ3n) is 3.35. The van der Waals surface area contributed by atoms with E-state index in [-0.39, 0.29) is 11.0 Å². The van der Waals surface area contributed by atoms with Crippen LogP contribution >= 0.6 is 12.2 Å². The SMILES string of the molecule is NC(=S)C1(NC(=O)c2c[nH]ccc2=O)CCCC1. The number of hydrogen-bond donors (Lipinski definition) is 3. The van der Waals surface area contributed by atoms with E-state index in [1.807, 2.05) is 0 Å². The van der Waals surface area contributed by atoms with E-state index in [9.17, 15) is 9.59 Å². The van der Waals surface area contributed by atoms with Crippen LogP contribution in [0.4, 0.5) is 0 Å². The third-order valence-corrected chi connectivity index (χ3v) is 3.74. The summed E-state index contributed by atoms with van der Waals surface area (Å²) in [5.74, 6) is -0.424. The summed E-state index contributed by atoms with van der Waals surface area (Å²) in [5.41, 5.74) is 4.86. The normalized spacial score (nSPS) is 17.3. The zero-order chi connectivity index (χ0) is 13.2. The van der Waals surface area contributed by atoms with E-state index in [2.05, 4.69) is 10.3 Å². The maximum absolute atomic E-state index is 12.1. The van der Waals surface area contributed by atoms with Crippen molar-refractivity contribution in [1.82, 2.24) is 10.3 Å². The highest BCUT2D eigenvalue weighted by Crippen LogP contribution is 2.30. The lowest BCUT2D eigenvalue weighted by Crippen LogP contribution is -2.55.